The van der Waals surface area contributed by atoms with Gasteiger partial charge in [-0.1, -0.05) is 6.92 Å². The number of aryl methyl sites for hydroxylation is 2. The first-order valence-corrected chi connectivity index (χ1v) is 5.29. The number of nitrogens with two attached hydrogens (primary N) is 1. The van der Waals surface area contributed by atoms with Crippen LogP contribution >= 0.6 is 0 Å². The number of aromatic nitrogens is 4. The summed E-state index contributed by atoms with van der Waals surface area (Å²) in [7, 11) is 0. The molecule has 3 rings (SSSR count). The average Bonchev–Trinajstić information content (AvgIpc) is 2.81. The molecule has 78 valence electrons. The molecule has 0 saturated heterocycles. The van der Waals surface area contributed by atoms with Crippen molar-refractivity contribution in [1.29, 1.82) is 0 Å². The summed E-state index contributed by atoms with van der Waals surface area (Å²) in [6.45, 7) is 2.08. The summed E-state index contributed by atoms with van der Waals surface area (Å²) >= 11 is 0. The second-order valence-electron chi connectivity index (χ2n) is 3.94. The lowest BCUT2D eigenvalue weighted by molar-refractivity contribution is 0.689. The Hall–Kier alpha value is -1.49. The van der Waals surface area contributed by atoms with Crippen LogP contribution in [0.5, 0.6) is 0 Å². The van der Waals surface area contributed by atoms with Gasteiger partial charge in [-0.25, -0.2) is 4.52 Å². The van der Waals surface area contributed by atoms with Crippen molar-refractivity contribution in [2.75, 3.05) is 0 Å². The van der Waals surface area contributed by atoms with Gasteiger partial charge in [0.25, 0.3) is 0 Å². The van der Waals surface area contributed by atoms with Crippen molar-refractivity contribution < 1.29 is 0 Å². The Labute approximate surface area is 87.3 Å². The Morgan fingerprint density at radius 2 is 2.40 bits per heavy atom. The fourth-order valence-corrected chi connectivity index (χ4v) is 2.08. The molecule has 0 fully saturated rings. The molecule has 15 heavy (non-hydrogen) atoms. The largest absolute Gasteiger partial charge is 0.323 e. The van der Waals surface area contributed by atoms with Crippen LogP contribution in [0.15, 0.2) is 6.07 Å². The molecule has 5 heteroatoms. The SMILES string of the molecule is CCc1cc2nnc3c(n2n1)CCC3N. The zero-order valence-electron chi connectivity index (χ0n) is 8.64. The molecular weight excluding hydrogens is 190 g/mol. The quantitative estimate of drug-likeness (QED) is 0.738. The molecule has 1 aliphatic carbocycles. The average molecular weight is 203 g/mol. The molecule has 0 spiro atoms. The third-order valence-electron chi connectivity index (χ3n) is 2.96. The Kier molecular flexibility index (Phi) is 1.76. The van der Waals surface area contributed by atoms with Gasteiger partial charge in [0.2, 0.25) is 0 Å². The van der Waals surface area contributed by atoms with Crippen LogP contribution in [-0.2, 0) is 12.8 Å². The second-order valence-corrected chi connectivity index (χ2v) is 3.94. The van der Waals surface area contributed by atoms with E-state index in [2.05, 4.69) is 22.2 Å². The van der Waals surface area contributed by atoms with Crippen LogP contribution in [0.25, 0.3) is 5.65 Å². The molecule has 1 unspecified atom stereocenters. The van der Waals surface area contributed by atoms with Crippen molar-refractivity contribution in [1.82, 2.24) is 19.8 Å². The van der Waals surface area contributed by atoms with E-state index >= 15 is 0 Å². The van der Waals surface area contributed by atoms with Crippen LogP contribution in [0, 0.1) is 0 Å². The highest BCUT2D eigenvalue weighted by atomic mass is 15.3. The van der Waals surface area contributed by atoms with Crippen molar-refractivity contribution in [3.8, 4) is 0 Å². The monoisotopic (exact) mass is 203 g/mol. The Balaban J connectivity index is 2.28. The van der Waals surface area contributed by atoms with Crippen LogP contribution < -0.4 is 5.73 Å². The fraction of sp³-hybridized carbons (Fsp3) is 0.500. The summed E-state index contributed by atoms with van der Waals surface area (Å²) in [6, 6.07) is 2.02. The first kappa shape index (κ1) is 8.79. The predicted octanol–water partition coefficient (Wildman–Crippen LogP) is 0.633. The van der Waals surface area contributed by atoms with Crippen LogP contribution in [0.2, 0.25) is 0 Å². The molecule has 0 amide bonds. The topological polar surface area (TPSA) is 69.1 Å². The van der Waals surface area contributed by atoms with E-state index in [1.54, 1.807) is 0 Å². The van der Waals surface area contributed by atoms with Crippen molar-refractivity contribution in [2.24, 2.45) is 5.73 Å². The van der Waals surface area contributed by atoms with Crippen molar-refractivity contribution in [2.45, 2.75) is 32.2 Å². The summed E-state index contributed by atoms with van der Waals surface area (Å²) < 4.78 is 1.90. The number of rotatable bonds is 1. The Morgan fingerprint density at radius 3 is 3.20 bits per heavy atom. The lowest BCUT2D eigenvalue weighted by atomic mass is 10.3. The van der Waals surface area contributed by atoms with Gasteiger partial charge in [-0.05, 0) is 19.3 Å². The van der Waals surface area contributed by atoms with Crippen molar-refractivity contribution in [3.05, 3.63) is 23.1 Å². The zero-order chi connectivity index (χ0) is 10.4. The number of nitrogens with zero attached hydrogens (tertiary/aromatic N) is 4. The van der Waals surface area contributed by atoms with Crippen LogP contribution in [0.1, 0.15) is 36.5 Å². The van der Waals surface area contributed by atoms with Crippen molar-refractivity contribution >= 4 is 5.65 Å². The molecule has 0 saturated carbocycles. The first-order chi connectivity index (χ1) is 7.29. The molecule has 2 aromatic heterocycles. The van der Waals surface area contributed by atoms with Crippen molar-refractivity contribution in [3.63, 3.8) is 0 Å². The lowest BCUT2D eigenvalue weighted by Gasteiger charge is -2.02. The Bertz CT molecular complexity index is 516. The number of hydrogen-bond donors (Lipinski definition) is 1. The van der Waals surface area contributed by atoms with Gasteiger partial charge in [-0.2, -0.15) is 5.10 Å². The smallest absolute Gasteiger partial charge is 0.177 e. The highest BCUT2D eigenvalue weighted by Gasteiger charge is 2.24. The molecule has 2 heterocycles. The third-order valence-corrected chi connectivity index (χ3v) is 2.96. The minimum atomic E-state index is 0.0335. The predicted molar refractivity (Wildman–Crippen MR) is 55.4 cm³/mol. The van der Waals surface area contributed by atoms with Gasteiger partial charge in [-0.3, -0.25) is 0 Å². The zero-order valence-corrected chi connectivity index (χ0v) is 8.64. The standard InChI is InChI=1S/C10H13N5/c1-2-6-5-9-12-13-10-7(11)3-4-8(10)15(9)14-6/h5,7H,2-4,11H2,1H3. The molecule has 0 aromatic carbocycles. The fourth-order valence-electron chi connectivity index (χ4n) is 2.08. The second kappa shape index (κ2) is 3.00. The van der Waals surface area contributed by atoms with E-state index in [1.165, 1.54) is 0 Å². The van der Waals surface area contributed by atoms with Gasteiger partial charge in [0.15, 0.2) is 5.65 Å². The molecule has 0 radical (unpaired) electrons. The van der Waals surface area contributed by atoms with Crippen LogP contribution in [0.3, 0.4) is 0 Å². The minimum Gasteiger partial charge on any atom is -0.323 e. The lowest BCUT2D eigenvalue weighted by Crippen LogP contribution is -2.10. The van der Waals surface area contributed by atoms with Gasteiger partial charge in [-0.15, -0.1) is 10.2 Å². The molecule has 1 atom stereocenters. The normalized spacial score (nSPS) is 19.7. The summed E-state index contributed by atoms with van der Waals surface area (Å²) in [4.78, 5) is 0. The highest BCUT2D eigenvalue weighted by molar-refractivity contribution is 5.41. The molecule has 1 aliphatic rings. The van der Waals surface area contributed by atoms with E-state index < -0.39 is 0 Å². The van der Waals surface area contributed by atoms with E-state index in [-0.39, 0.29) is 6.04 Å². The molecule has 0 bridgehead atoms. The van der Waals surface area contributed by atoms with E-state index in [9.17, 15) is 0 Å². The maximum atomic E-state index is 5.93. The van der Waals surface area contributed by atoms with Gasteiger partial charge in [0.05, 0.1) is 17.4 Å². The van der Waals surface area contributed by atoms with Crippen LogP contribution in [0.4, 0.5) is 0 Å². The maximum Gasteiger partial charge on any atom is 0.177 e. The van der Waals surface area contributed by atoms with Gasteiger partial charge < -0.3 is 5.73 Å². The third kappa shape index (κ3) is 1.16. The summed E-state index contributed by atoms with van der Waals surface area (Å²) in [5.74, 6) is 0. The van der Waals surface area contributed by atoms with E-state index in [0.29, 0.717) is 0 Å². The summed E-state index contributed by atoms with van der Waals surface area (Å²) in [5, 5.41) is 12.8. The molecule has 0 aliphatic heterocycles. The first-order valence-electron chi connectivity index (χ1n) is 5.29. The summed E-state index contributed by atoms with van der Waals surface area (Å²) in [6.07, 6.45) is 2.82. The van der Waals surface area contributed by atoms with E-state index in [4.69, 9.17) is 5.73 Å². The molecule has 2 N–H and O–H groups in total. The number of hydrogen-bond acceptors (Lipinski definition) is 4. The van der Waals surface area contributed by atoms with Gasteiger partial charge in [0, 0.05) is 6.07 Å². The molecule has 5 nitrogen and oxygen atoms in total. The highest BCUT2D eigenvalue weighted by Crippen LogP contribution is 2.26. The Morgan fingerprint density at radius 1 is 1.53 bits per heavy atom. The van der Waals surface area contributed by atoms with E-state index in [0.717, 1.165) is 42.0 Å². The molecular formula is C10H13N5. The van der Waals surface area contributed by atoms with Gasteiger partial charge >= 0.3 is 0 Å². The number of fused-ring (bicyclic) bond motifs is 3. The maximum absolute atomic E-state index is 5.93. The molecule has 2 aromatic rings. The summed E-state index contributed by atoms with van der Waals surface area (Å²) in [5.41, 5.74) is 9.86. The van der Waals surface area contributed by atoms with Crippen LogP contribution in [-0.4, -0.2) is 19.8 Å². The van der Waals surface area contributed by atoms with E-state index in [1.807, 2.05) is 10.6 Å². The van der Waals surface area contributed by atoms with Gasteiger partial charge in [0.1, 0.15) is 5.69 Å². The minimum absolute atomic E-state index is 0.0335.